The van der Waals surface area contributed by atoms with E-state index in [0.717, 1.165) is 22.7 Å². The molecular weight excluding hydrogens is 677 g/mol. The van der Waals surface area contributed by atoms with Gasteiger partial charge in [0.25, 0.3) is 0 Å². The Morgan fingerprint density at radius 2 is 0.625 bits per heavy atom. The van der Waals surface area contributed by atoms with Gasteiger partial charge in [-0.25, -0.2) is 0 Å². The zero-order valence-corrected chi connectivity index (χ0v) is 33.0. The van der Waals surface area contributed by atoms with Crippen LogP contribution in [-0.2, 0) is 0 Å². The Kier molecular flexibility index (Phi) is 10.3. The van der Waals surface area contributed by atoms with Crippen molar-refractivity contribution in [2.75, 3.05) is 9.80 Å². The molecule has 0 aliphatic heterocycles. The molecule has 2 heteroatoms. The van der Waals surface area contributed by atoms with E-state index in [4.69, 9.17) is 0 Å². The number of nitrogens with zero attached hydrogens (tertiary/aromatic N) is 2. The molecule has 2 nitrogen and oxygen atoms in total. The highest BCUT2D eigenvalue weighted by Crippen LogP contribution is 2.51. The Bertz CT molecular complexity index is 2270. The zero-order valence-electron chi connectivity index (χ0n) is 33.0. The van der Waals surface area contributed by atoms with Crippen molar-refractivity contribution in [2.45, 2.75) is 78.1 Å². The first-order chi connectivity index (χ1) is 27.6. The first kappa shape index (κ1) is 35.8. The summed E-state index contributed by atoms with van der Waals surface area (Å²) in [5.74, 6) is 0. The van der Waals surface area contributed by atoms with E-state index in [1.807, 2.05) is 0 Å². The monoisotopic (exact) mass is 728 g/mol. The lowest BCUT2D eigenvalue weighted by atomic mass is 9.93. The number of aryl methyl sites for hydroxylation is 2. The van der Waals surface area contributed by atoms with Gasteiger partial charge in [-0.15, -0.1) is 0 Å². The Hall–Kier alpha value is -5.86. The second-order valence-electron chi connectivity index (χ2n) is 16.0. The normalized spacial score (nSPS) is 14.5. The molecule has 0 amide bonds. The number of fused-ring (bicyclic) bond motifs is 2. The highest BCUT2D eigenvalue weighted by atomic mass is 15.2. The van der Waals surface area contributed by atoms with E-state index < -0.39 is 0 Å². The minimum atomic E-state index is 1.15. The van der Waals surface area contributed by atoms with Crippen LogP contribution >= 0.6 is 0 Å². The zero-order chi connectivity index (χ0) is 37.8. The third kappa shape index (κ3) is 7.41. The van der Waals surface area contributed by atoms with Gasteiger partial charge in [0.2, 0.25) is 0 Å². The van der Waals surface area contributed by atoms with Crippen LogP contribution in [0.3, 0.4) is 0 Å². The minimum Gasteiger partial charge on any atom is -0.309 e. The van der Waals surface area contributed by atoms with Crippen LogP contribution in [0.25, 0.3) is 33.7 Å². The summed E-state index contributed by atoms with van der Waals surface area (Å²) in [6, 6.07) is 54.6. The fraction of sp³-hybridized carbons (Fsp3) is 0.222. The molecule has 0 atom stereocenters. The van der Waals surface area contributed by atoms with Gasteiger partial charge in [0.05, 0.1) is 11.4 Å². The van der Waals surface area contributed by atoms with Crippen LogP contribution in [-0.4, -0.2) is 0 Å². The van der Waals surface area contributed by atoms with Crippen molar-refractivity contribution in [3.63, 3.8) is 0 Å². The topological polar surface area (TPSA) is 6.48 Å². The Labute approximate surface area is 333 Å². The van der Waals surface area contributed by atoms with Crippen molar-refractivity contribution in [2.24, 2.45) is 0 Å². The molecule has 2 aliphatic carbocycles. The summed E-state index contributed by atoms with van der Waals surface area (Å²) in [5.41, 5.74) is 15.2. The maximum atomic E-state index is 2.48. The number of anilines is 6. The van der Waals surface area contributed by atoms with E-state index in [1.54, 1.807) is 11.1 Å². The Balaban J connectivity index is 1.25. The molecule has 0 N–H and O–H groups in total. The Morgan fingerprint density at radius 3 is 0.929 bits per heavy atom. The van der Waals surface area contributed by atoms with Gasteiger partial charge in [0.1, 0.15) is 0 Å². The average Bonchev–Trinajstić information content (AvgIpc) is 3.25. The van der Waals surface area contributed by atoms with Crippen molar-refractivity contribution in [3.8, 4) is 0 Å². The van der Waals surface area contributed by atoms with E-state index in [1.165, 1.54) is 119 Å². The maximum Gasteiger partial charge on any atom is 0.0619 e. The predicted octanol–water partition coefficient (Wildman–Crippen LogP) is 16.2. The minimum absolute atomic E-state index is 1.15. The van der Waals surface area contributed by atoms with Gasteiger partial charge in [-0.2, -0.15) is 0 Å². The van der Waals surface area contributed by atoms with Gasteiger partial charge >= 0.3 is 0 Å². The van der Waals surface area contributed by atoms with E-state index >= 15 is 0 Å². The smallest absolute Gasteiger partial charge is 0.0619 e. The lowest BCUT2D eigenvalue weighted by molar-refractivity contribution is 0.602. The Morgan fingerprint density at radius 1 is 0.339 bits per heavy atom. The number of hydrogen-bond donors (Lipinski definition) is 0. The van der Waals surface area contributed by atoms with Gasteiger partial charge in [-0.05, 0) is 125 Å². The van der Waals surface area contributed by atoms with E-state index in [9.17, 15) is 0 Å². The molecular formula is C54H52N2. The predicted molar refractivity (Wildman–Crippen MR) is 242 cm³/mol. The van der Waals surface area contributed by atoms with Crippen LogP contribution in [0.5, 0.6) is 0 Å². The molecule has 56 heavy (non-hydrogen) atoms. The molecule has 0 bridgehead atoms. The van der Waals surface area contributed by atoms with Crippen molar-refractivity contribution in [3.05, 3.63) is 179 Å². The molecule has 278 valence electrons. The second kappa shape index (κ2) is 16.1. The van der Waals surface area contributed by atoms with Crippen molar-refractivity contribution in [1.82, 2.24) is 0 Å². The largest absolute Gasteiger partial charge is 0.309 e. The SMILES string of the molecule is Cc1ccc(N(c2ccc(C=C3CCCCC3)cc2)c2c3ccccc3c(N(c3ccc(C)cc3)c3ccc(C=C4CCCCC4)cc3)c3ccccc23)cc1. The average molecular weight is 729 g/mol. The first-order valence-corrected chi connectivity index (χ1v) is 20.9. The molecule has 0 spiro atoms. The van der Waals surface area contributed by atoms with Crippen LogP contribution in [0.1, 0.15) is 86.5 Å². The number of hydrogen-bond acceptors (Lipinski definition) is 2. The van der Waals surface area contributed by atoms with Crippen molar-refractivity contribution >= 4 is 67.8 Å². The highest BCUT2D eigenvalue weighted by Gasteiger charge is 2.25. The third-order valence-corrected chi connectivity index (χ3v) is 11.9. The van der Waals surface area contributed by atoms with Gasteiger partial charge in [0, 0.05) is 44.3 Å². The summed E-state index contributed by atoms with van der Waals surface area (Å²) in [7, 11) is 0. The first-order valence-electron chi connectivity index (χ1n) is 20.9. The van der Waals surface area contributed by atoms with Crippen LogP contribution < -0.4 is 9.80 Å². The van der Waals surface area contributed by atoms with Crippen molar-refractivity contribution in [1.29, 1.82) is 0 Å². The lowest BCUT2D eigenvalue weighted by Crippen LogP contribution is -2.14. The number of benzene rings is 7. The van der Waals surface area contributed by atoms with Crippen molar-refractivity contribution < 1.29 is 0 Å². The second-order valence-corrected chi connectivity index (χ2v) is 16.0. The quantitative estimate of drug-likeness (QED) is 0.114. The standard InChI is InChI=1S/C54H52N2/c1-39-21-29-45(30-22-39)55(47-33-25-43(26-34-47)37-41-13-5-3-6-14-41)53-49-17-9-11-19-51(49)54(52-20-12-10-18-50(52)53)56(46-31-23-40(2)24-32-46)48-35-27-44(28-36-48)38-42-15-7-4-8-16-42/h9-12,17-38H,3-8,13-16H2,1-2H3. The molecule has 7 aromatic carbocycles. The molecule has 9 rings (SSSR count). The third-order valence-electron chi connectivity index (χ3n) is 11.9. The lowest BCUT2D eigenvalue weighted by Gasteiger charge is -2.33. The maximum absolute atomic E-state index is 2.48. The molecule has 0 saturated heterocycles. The van der Waals surface area contributed by atoms with Gasteiger partial charge in [0.15, 0.2) is 0 Å². The molecule has 0 unspecified atom stereocenters. The molecule has 7 aromatic rings. The summed E-state index contributed by atoms with van der Waals surface area (Å²) < 4.78 is 0. The number of allylic oxidation sites excluding steroid dienone is 2. The summed E-state index contributed by atoms with van der Waals surface area (Å²) in [6.07, 6.45) is 17.7. The van der Waals surface area contributed by atoms with E-state index in [2.05, 4.69) is 181 Å². The van der Waals surface area contributed by atoms with E-state index in [-0.39, 0.29) is 0 Å². The summed E-state index contributed by atoms with van der Waals surface area (Å²) in [5, 5.41) is 4.86. The van der Waals surface area contributed by atoms with Crippen LogP contribution in [0, 0.1) is 13.8 Å². The van der Waals surface area contributed by atoms with Crippen LogP contribution in [0.2, 0.25) is 0 Å². The molecule has 0 aromatic heterocycles. The molecule has 2 saturated carbocycles. The highest BCUT2D eigenvalue weighted by molar-refractivity contribution is 6.23. The van der Waals surface area contributed by atoms with Gasteiger partial charge in [-0.3, -0.25) is 0 Å². The number of rotatable bonds is 8. The summed E-state index contributed by atoms with van der Waals surface area (Å²) in [4.78, 5) is 4.96. The fourth-order valence-corrected chi connectivity index (χ4v) is 8.98. The summed E-state index contributed by atoms with van der Waals surface area (Å²) >= 11 is 0. The fourth-order valence-electron chi connectivity index (χ4n) is 8.98. The van der Waals surface area contributed by atoms with Gasteiger partial charge in [-0.1, -0.05) is 144 Å². The molecule has 0 radical (unpaired) electrons. The van der Waals surface area contributed by atoms with Crippen LogP contribution in [0.4, 0.5) is 34.1 Å². The van der Waals surface area contributed by atoms with Gasteiger partial charge < -0.3 is 9.80 Å². The van der Waals surface area contributed by atoms with E-state index in [0.29, 0.717) is 0 Å². The molecule has 0 heterocycles. The molecule has 2 aliphatic rings. The molecule has 2 fully saturated rings. The summed E-state index contributed by atoms with van der Waals surface area (Å²) in [6.45, 7) is 4.33. The van der Waals surface area contributed by atoms with Crippen LogP contribution in [0.15, 0.2) is 157 Å².